The van der Waals surface area contributed by atoms with Crippen LogP contribution in [0, 0.1) is 6.92 Å². The Bertz CT molecular complexity index is 676. The molecule has 5 nitrogen and oxygen atoms in total. The molecule has 1 N–H and O–H groups in total. The molecular formula is C19H28ClN5. The summed E-state index contributed by atoms with van der Waals surface area (Å²) in [7, 11) is 0. The number of hydrogen-bond acceptors (Lipinski definition) is 4. The molecule has 1 fully saturated rings. The third-order valence-electron chi connectivity index (χ3n) is 4.88. The molecule has 0 unspecified atom stereocenters. The van der Waals surface area contributed by atoms with Gasteiger partial charge in [0.2, 0.25) is 0 Å². The predicted molar refractivity (Wildman–Crippen MR) is 102 cm³/mol. The Morgan fingerprint density at radius 2 is 1.88 bits per heavy atom. The van der Waals surface area contributed by atoms with Gasteiger partial charge in [0, 0.05) is 51.9 Å². The monoisotopic (exact) mass is 361 g/mol. The minimum absolute atomic E-state index is 0.637. The second-order valence-electron chi connectivity index (χ2n) is 6.88. The maximum atomic E-state index is 6.31. The number of nitrogens with one attached hydrogen (secondary N) is 1. The number of aryl methyl sites for hydroxylation is 2. The van der Waals surface area contributed by atoms with Gasteiger partial charge in [0.15, 0.2) is 5.15 Å². The highest BCUT2D eigenvalue weighted by Crippen LogP contribution is 2.18. The van der Waals surface area contributed by atoms with Crippen LogP contribution in [0.5, 0.6) is 0 Å². The smallest absolute Gasteiger partial charge is 0.151 e. The normalized spacial score (nSPS) is 16.4. The van der Waals surface area contributed by atoms with E-state index >= 15 is 0 Å². The third-order valence-corrected chi connectivity index (χ3v) is 5.19. The highest BCUT2D eigenvalue weighted by Gasteiger charge is 2.20. The number of rotatable bonds is 7. The Balaban J connectivity index is 1.49. The van der Waals surface area contributed by atoms with E-state index in [2.05, 4.69) is 44.7 Å². The average Bonchev–Trinajstić information content (AvgIpc) is 2.96. The minimum atomic E-state index is 0.637. The van der Waals surface area contributed by atoms with E-state index in [4.69, 9.17) is 11.6 Å². The van der Waals surface area contributed by atoms with Crippen molar-refractivity contribution in [2.24, 2.45) is 0 Å². The molecule has 3 rings (SSSR count). The van der Waals surface area contributed by atoms with Gasteiger partial charge in [-0.15, -0.1) is 0 Å². The second-order valence-corrected chi connectivity index (χ2v) is 7.23. The van der Waals surface area contributed by atoms with Crippen LogP contribution >= 0.6 is 11.6 Å². The molecule has 2 aromatic rings. The number of pyridine rings is 1. The van der Waals surface area contributed by atoms with E-state index in [1.165, 1.54) is 17.7 Å². The van der Waals surface area contributed by atoms with Crippen LogP contribution in [0.1, 0.15) is 42.5 Å². The number of aromatic amines is 1. The molecule has 6 heteroatoms. The highest BCUT2D eigenvalue weighted by molar-refractivity contribution is 6.30. The number of hydrogen-bond donors (Lipinski definition) is 1. The SMILES string of the molecule is CCCCc1nc(Cl)c(CN2CCN(Cc3ncccc3C)CC2)[nH]1. The van der Waals surface area contributed by atoms with Crippen LogP contribution in [0.25, 0.3) is 0 Å². The number of unbranched alkanes of at least 4 members (excludes halogenated alkanes) is 1. The van der Waals surface area contributed by atoms with Gasteiger partial charge < -0.3 is 4.98 Å². The molecule has 0 saturated carbocycles. The van der Waals surface area contributed by atoms with Crippen LogP contribution < -0.4 is 0 Å². The number of aromatic nitrogens is 3. The molecule has 25 heavy (non-hydrogen) atoms. The summed E-state index contributed by atoms with van der Waals surface area (Å²) in [6.07, 6.45) is 5.18. The van der Waals surface area contributed by atoms with Crippen LogP contribution in [-0.4, -0.2) is 50.9 Å². The lowest BCUT2D eigenvalue weighted by molar-refractivity contribution is 0.120. The molecule has 136 valence electrons. The van der Waals surface area contributed by atoms with Crippen molar-refractivity contribution in [2.75, 3.05) is 26.2 Å². The molecule has 0 aromatic carbocycles. The van der Waals surface area contributed by atoms with E-state index in [9.17, 15) is 0 Å². The Labute approximate surface area is 155 Å². The van der Waals surface area contributed by atoms with E-state index < -0.39 is 0 Å². The standard InChI is InChI=1S/C19H28ClN5/c1-3-4-7-18-22-17(19(20)23-18)14-25-11-9-24(10-12-25)13-16-15(2)6-5-8-21-16/h5-6,8H,3-4,7,9-14H2,1-2H3,(H,22,23). The van der Waals surface area contributed by atoms with Crippen molar-refractivity contribution in [3.05, 3.63) is 46.3 Å². The van der Waals surface area contributed by atoms with Gasteiger partial charge in [0.05, 0.1) is 11.4 Å². The van der Waals surface area contributed by atoms with Crippen LogP contribution in [0.15, 0.2) is 18.3 Å². The lowest BCUT2D eigenvalue weighted by Gasteiger charge is -2.34. The number of halogens is 1. The van der Waals surface area contributed by atoms with Gasteiger partial charge in [-0.2, -0.15) is 0 Å². The van der Waals surface area contributed by atoms with Crippen molar-refractivity contribution in [2.45, 2.75) is 46.2 Å². The van der Waals surface area contributed by atoms with Gasteiger partial charge in [-0.3, -0.25) is 14.8 Å². The van der Waals surface area contributed by atoms with Crippen LogP contribution in [-0.2, 0) is 19.5 Å². The predicted octanol–water partition coefficient (Wildman–Crippen LogP) is 3.43. The first-order valence-corrected chi connectivity index (χ1v) is 9.62. The molecule has 0 atom stereocenters. The van der Waals surface area contributed by atoms with E-state index in [1.807, 2.05) is 12.3 Å². The molecule has 1 aliphatic rings. The summed E-state index contributed by atoms with van der Waals surface area (Å²) >= 11 is 6.31. The summed E-state index contributed by atoms with van der Waals surface area (Å²) in [5, 5.41) is 0.637. The topological polar surface area (TPSA) is 48.1 Å². The third kappa shape index (κ3) is 5.03. The van der Waals surface area contributed by atoms with E-state index in [-0.39, 0.29) is 0 Å². The Morgan fingerprint density at radius 1 is 1.16 bits per heavy atom. The van der Waals surface area contributed by atoms with Gasteiger partial charge in [-0.05, 0) is 25.0 Å². The zero-order chi connectivity index (χ0) is 17.6. The summed E-state index contributed by atoms with van der Waals surface area (Å²) in [4.78, 5) is 17.3. The maximum absolute atomic E-state index is 6.31. The van der Waals surface area contributed by atoms with Gasteiger partial charge >= 0.3 is 0 Å². The molecule has 2 aromatic heterocycles. The van der Waals surface area contributed by atoms with Gasteiger partial charge in [-0.1, -0.05) is 31.0 Å². The fraction of sp³-hybridized carbons (Fsp3) is 0.579. The summed E-state index contributed by atoms with van der Waals surface area (Å²) in [6, 6.07) is 4.13. The number of H-pyrrole nitrogens is 1. The summed E-state index contributed by atoms with van der Waals surface area (Å²) in [5.41, 5.74) is 3.52. The van der Waals surface area contributed by atoms with Crippen molar-refractivity contribution < 1.29 is 0 Å². The van der Waals surface area contributed by atoms with Crippen molar-refractivity contribution in [1.29, 1.82) is 0 Å². The first-order valence-electron chi connectivity index (χ1n) is 9.24. The van der Waals surface area contributed by atoms with Gasteiger partial charge in [0.25, 0.3) is 0 Å². The molecule has 0 bridgehead atoms. The van der Waals surface area contributed by atoms with E-state index in [0.29, 0.717) is 5.15 Å². The second kappa shape index (κ2) is 8.79. The first-order chi connectivity index (χ1) is 12.2. The molecule has 0 spiro atoms. The Kier molecular flexibility index (Phi) is 6.45. The molecule has 0 amide bonds. The van der Waals surface area contributed by atoms with Gasteiger partial charge in [0.1, 0.15) is 5.82 Å². The van der Waals surface area contributed by atoms with E-state index in [0.717, 1.165) is 63.6 Å². The number of nitrogens with zero attached hydrogens (tertiary/aromatic N) is 4. The largest absolute Gasteiger partial charge is 0.344 e. The van der Waals surface area contributed by atoms with Crippen LogP contribution in [0.3, 0.4) is 0 Å². The lowest BCUT2D eigenvalue weighted by Crippen LogP contribution is -2.45. The zero-order valence-electron chi connectivity index (χ0n) is 15.3. The molecule has 3 heterocycles. The Morgan fingerprint density at radius 3 is 2.56 bits per heavy atom. The minimum Gasteiger partial charge on any atom is -0.344 e. The molecule has 1 aliphatic heterocycles. The number of imidazole rings is 1. The lowest BCUT2D eigenvalue weighted by atomic mass is 10.2. The van der Waals surface area contributed by atoms with Crippen LogP contribution in [0.4, 0.5) is 0 Å². The van der Waals surface area contributed by atoms with Crippen molar-refractivity contribution in [1.82, 2.24) is 24.8 Å². The average molecular weight is 362 g/mol. The molecule has 0 aliphatic carbocycles. The van der Waals surface area contributed by atoms with Crippen molar-refractivity contribution in [3.8, 4) is 0 Å². The molecule has 1 saturated heterocycles. The summed E-state index contributed by atoms with van der Waals surface area (Å²) < 4.78 is 0. The van der Waals surface area contributed by atoms with Gasteiger partial charge in [-0.25, -0.2) is 4.98 Å². The van der Waals surface area contributed by atoms with E-state index in [1.54, 1.807) is 0 Å². The zero-order valence-corrected chi connectivity index (χ0v) is 16.0. The maximum Gasteiger partial charge on any atom is 0.151 e. The molecular weight excluding hydrogens is 334 g/mol. The van der Waals surface area contributed by atoms with Crippen molar-refractivity contribution in [3.63, 3.8) is 0 Å². The fourth-order valence-electron chi connectivity index (χ4n) is 3.23. The molecule has 0 radical (unpaired) electrons. The number of piperazine rings is 1. The fourth-order valence-corrected chi connectivity index (χ4v) is 3.44. The quantitative estimate of drug-likeness (QED) is 0.820. The first kappa shape index (κ1) is 18.4. The summed E-state index contributed by atoms with van der Waals surface area (Å²) in [5.74, 6) is 1.02. The Hall–Kier alpha value is -1.43. The highest BCUT2D eigenvalue weighted by atomic mass is 35.5. The van der Waals surface area contributed by atoms with Crippen molar-refractivity contribution >= 4 is 11.6 Å². The van der Waals surface area contributed by atoms with Crippen LogP contribution in [0.2, 0.25) is 5.15 Å². The summed E-state index contributed by atoms with van der Waals surface area (Å²) in [6.45, 7) is 10.3.